The van der Waals surface area contributed by atoms with Gasteiger partial charge in [0.15, 0.2) is 81.8 Å². The van der Waals surface area contributed by atoms with Crippen molar-refractivity contribution in [1.29, 1.82) is 0 Å². The first-order valence-electron chi connectivity index (χ1n) is 47.7. The van der Waals surface area contributed by atoms with Gasteiger partial charge in [0.1, 0.15) is 317 Å². The number of aliphatic hydroxyl groups excluding tert-OH is 39. The molecule has 0 aromatic rings. The van der Waals surface area contributed by atoms with Gasteiger partial charge in [-0.05, 0) is 0 Å². The molecule has 13 aliphatic rings. The SMILES string of the molecule is CC(=O)N[C@@H]1[C@@H](O)[C@H](O[C@@H]2O[C@H](CO)[C@@H](O[C@@H]3O[C@H](CO[C@H]4O[C@H](CO[C@H]5O[C@H](CO)[C@@H](O)[C@H](O)[C@@H]5O[C@H]5O[C@H](CO)[C@@H](O)[C@H](O)[C@@H]5O)[C@@H](O)[C@H](O[C@H]5O[C@H](CO)[C@@H](O)[C@H](O)[C@@H]5O)[C@@H]4O)[C@@H](O)[C@H](O[C@H]4O[C@H](CO[C@H]5O[C@H](CO[C@H]6O[C@H](CO[C@H]7O[C@H](CO)[C@@H](O)[C@H](O)[C@@H]7O)[C@@H](O)[C@H](O)[C@@H]6O)[C@@H](O)[C@H](O)[C@@H]5O)[C@@H](O)[C@H](O)[C@@H]4O[C@H]4O[C@H](CO)[C@@H](O)[C@H](O)[C@@H]4O[C@H]4O[C@H](CO)[C@@H](O)[C@H](O)[C@@H]4O)[C@@H]3O)[C@H](O)[C@H]2NC(C)=O)[C@@H](CO)O[C@H]1O. The minimum Gasteiger partial charge on any atom is -0.394 e. The van der Waals surface area contributed by atoms with E-state index in [1.165, 1.54) is 0 Å². The molecule has 13 heterocycles. The van der Waals surface area contributed by atoms with E-state index in [9.17, 15) is 209 Å². The van der Waals surface area contributed by atoms with Gasteiger partial charge in [0.25, 0.3) is 0 Å². The molecule has 68 nitrogen and oxygen atoms in total. The number of hydrogen-bond donors (Lipinski definition) is 41. The summed E-state index contributed by atoms with van der Waals surface area (Å²) >= 11 is 0. The second-order valence-corrected chi connectivity index (χ2v) is 38.1. The summed E-state index contributed by atoms with van der Waals surface area (Å²) in [6, 6.07) is -3.83. The fourth-order valence-electron chi connectivity index (χ4n) is 19.1. The second kappa shape index (κ2) is 53.8. The highest BCUT2D eigenvalue weighted by Crippen LogP contribution is 2.43. The van der Waals surface area contributed by atoms with Crippen LogP contribution in [0.25, 0.3) is 0 Å². The number of amides is 2. The van der Waals surface area contributed by atoms with Crippen LogP contribution in [0.4, 0.5) is 0 Å². The summed E-state index contributed by atoms with van der Waals surface area (Å²) in [5, 5.41) is 441. The molecule has 13 saturated heterocycles. The lowest BCUT2D eigenvalue weighted by Crippen LogP contribution is -2.70. The molecule has 65 atom stereocenters. The zero-order valence-electron chi connectivity index (χ0n) is 79.2. The lowest BCUT2D eigenvalue weighted by atomic mass is 9.94. The van der Waals surface area contributed by atoms with Gasteiger partial charge in [-0.15, -0.1) is 0 Å². The Bertz CT molecular complexity index is 4070. The van der Waals surface area contributed by atoms with Crippen LogP contribution in [0.2, 0.25) is 0 Å². The highest BCUT2D eigenvalue weighted by molar-refractivity contribution is 5.73. The first-order valence-corrected chi connectivity index (χ1v) is 47.7. The molecule has 0 saturated carbocycles. The maximum atomic E-state index is 13.3. The average Bonchev–Trinajstić information content (AvgIpc) is 0.838. The third-order valence-corrected chi connectivity index (χ3v) is 27.9. The minimum atomic E-state index is -2.84. The molecular formula is C82H138N2O66. The average molecular weight is 2210 g/mol. The minimum absolute atomic E-state index is 0.857. The van der Waals surface area contributed by atoms with Crippen molar-refractivity contribution in [2.75, 3.05) is 85.9 Å². The van der Waals surface area contributed by atoms with Crippen LogP contribution in [0.1, 0.15) is 13.8 Å². The summed E-state index contributed by atoms with van der Waals surface area (Å²) < 4.78 is 147. The number of hydrogen-bond acceptors (Lipinski definition) is 66. The van der Waals surface area contributed by atoms with Crippen LogP contribution in [-0.4, -0.2) is 696 Å². The van der Waals surface area contributed by atoms with Crippen molar-refractivity contribution in [2.24, 2.45) is 0 Å². The van der Waals surface area contributed by atoms with Crippen LogP contribution in [0.3, 0.4) is 0 Å². The molecule has 0 bridgehead atoms. The highest BCUT2D eigenvalue weighted by atomic mass is 16.8. The topological polar surface area (TPSA) is 1080 Å². The Morgan fingerprint density at radius 1 is 0.173 bits per heavy atom. The number of rotatable bonds is 39. The lowest BCUT2D eigenvalue weighted by Gasteiger charge is -2.51. The van der Waals surface area contributed by atoms with Crippen LogP contribution in [0.15, 0.2) is 0 Å². The van der Waals surface area contributed by atoms with E-state index < -0.39 is 497 Å². The standard InChI is InChI=1S/C82H138N2O66/c1-16(93)83-31-44(106)63(24(9-91)131-70(31)125)144-71-32(84-17(2)94)45(107)64(25(10-92)138-71)145-79-62(124)66(43(105)30(142-79)14-129-75-61(123)65(146-76-58(120)47(109)34(96)19(4-86)133-76)42(104)29(141-75)15-130-80-67(52(114)37(99)22(7-89)136-80)148-77-59(121)48(110)35(97)20(5-87)134-77)147-82-69(150-81-68(53(115)38(100)23(8-90)137-81)149-78-60(122)49(111)36(98)21(6-88)135-78)54(116)41(103)28(143-82)13-128-74-57(119)51(113)40(102)27(140-74)12-127-73-56(118)50(112)39(101)26(139-73)11-126-72-55(117)46(108)33(95)18(3-85)132-72/h18-82,85-92,95-125H,3-15H2,1-2H3,(H,83,93)(H,84,94)/t18-,19-,20-,21-,22-,23-,24-,25-,26-,27-,28-,29-,30-,31-,32-,33-,34-,35-,36-,37-,38-,39-,40-,41-,42-,43-,44-,45-,46+,47+,48+,49+,50+,51+,52+,53+,54+,55+,56+,57+,58+,59+,60+,61+,62+,63-,64-,65+,66+,67+,68+,69+,70-,71+,72+,73+,74+,75+,76-,77-,78-,79+,80+,81-,82-/m1/s1. The van der Waals surface area contributed by atoms with Gasteiger partial charge in [-0.25, -0.2) is 0 Å². The molecule has 13 aliphatic heterocycles. The Morgan fingerprint density at radius 3 is 0.713 bits per heavy atom. The predicted octanol–water partition coefficient (Wildman–Crippen LogP) is -29.0. The Kier molecular flexibility index (Phi) is 44.2. The maximum Gasteiger partial charge on any atom is 0.217 e. The fraction of sp³-hybridized carbons (Fsp3) is 0.976. The zero-order chi connectivity index (χ0) is 110. The summed E-state index contributed by atoms with van der Waals surface area (Å²) in [4.78, 5) is 25.6. The van der Waals surface area contributed by atoms with E-state index in [1.807, 2.05) is 0 Å². The smallest absolute Gasteiger partial charge is 0.217 e. The third kappa shape index (κ3) is 26.7. The molecule has 13 fully saturated rings. The Balaban J connectivity index is 0.847. The zero-order valence-corrected chi connectivity index (χ0v) is 79.2. The number of carbonyl (C=O) groups excluding carboxylic acids is 2. The van der Waals surface area contributed by atoms with Crippen LogP contribution >= 0.6 is 0 Å². The van der Waals surface area contributed by atoms with Crippen LogP contribution < -0.4 is 10.6 Å². The largest absolute Gasteiger partial charge is 0.394 e. The van der Waals surface area contributed by atoms with Crippen molar-refractivity contribution in [1.82, 2.24) is 10.6 Å². The molecule has 0 aromatic carbocycles. The normalized spacial score (nSPS) is 52.1. The molecule has 13 rings (SSSR count). The van der Waals surface area contributed by atoms with Crippen molar-refractivity contribution in [2.45, 2.75) is 413 Å². The summed E-state index contributed by atoms with van der Waals surface area (Å²) in [6.45, 7) is -13.1. The molecule has 2 amide bonds. The number of aliphatic hydroxyl groups is 39. The molecular weight excluding hydrogens is 2070 g/mol. The van der Waals surface area contributed by atoms with Crippen molar-refractivity contribution in [3.8, 4) is 0 Å². The van der Waals surface area contributed by atoms with E-state index in [0.29, 0.717) is 0 Å². The molecule has 0 aromatic heterocycles. The van der Waals surface area contributed by atoms with E-state index >= 15 is 0 Å². The predicted molar refractivity (Wildman–Crippen MR) is 451 cm³/mol. The van der Waals surface area contributed by atoms with Crippen LogP contribution in [-0.2, 0) is 128 Å². The summed E-state index contributed by atoms with van der Waals surface area (Å²) in [6.07, 6.45) is -141. The van der Waals surface area contributed by atoms with Crippen molar-refractivity contribution >= 4 is 11.8 Å². The van der Waals surface area contributed by atoms with Crippen molar-refractivity contribution in [3.63, 3.8) is 0 Å². The summed E-state index contributed by atoms with van der Waals surface area (Å²) in [7, 11) is 0. The van der Waals surface area contributed by atoms with Gasteiger partial charge in [0, 0.05) is 13.8 Å². The van der Waals surface area contributed by atoms with E-state index in [-0.39, 0.29) is 0 Å². The first kappa shape index (κ1) is 123. The van der Waals surface area contributed by atoms with E-state index in [0.717, 1.165) is 13.8 Å². The van der Waals surface area contributed by atoms with E-state index in [4.69, 9.17) is 118 Å². The Hall–Kier alpha value is -3.62. The number of nitrogens with one attached hydrogen (secondary N) is 2. The van der Waals surface area contributed by atoms with Crippen LogP contribution in [0, 0.1) is 0 Å². The third-order valence-electron chi connectivity index (χ3n) is 27.9. The van der Waals surface area contributed by atoms with Gasteiger partial charge < -0.3 is 328 Å². The molecule has 41 N–H and O–H groups in total. The molecule has 872 valence electrons. The molecule has 0 unspecified atom stereocenters. The Labute approximate surface area is 845 Å². The van der Waals surface area contributed by atoms with Gasteiger partial charge in [-0.2, -0.15) is 0 Å². The van der Waals surface area contributed by atoms with E-state index in [1.54, 1.807) is 0 Å². The molecule has 0 aliphatic carbocycles. The molecule has 150 heavy (non-hydrogen) atoms. The lowest BCUT2D eigenvalue weighted by molar-refractivity contribution is -0.410. The number of carbonyl (C=O) groups is 2. The fourth-order valence-corrected chi connectivity index (χ4v) is 19.1. The van der Waals surface area contributed by atoms with Crippen LogP contribution in [0.5, 0.6) is 0 Å². The number of ether oxygens (including phenoxy) is 25. The summed E-state index contributed by atoms with van der Waals surface area (Å²) in [5.41, 5.74) is 0. The monoisotopic (exact) mass is 2210 g/mol. The maximum absolute atomic E-state index is 13.3. The quantitative estimate of drug-likeness (QED) is 0.0272. The second-order valence-electron chi connectivity index (χ2n) is 38.1. The molecule has 0 spiro atoms. The van der Waals surface area contributed by atoms with Gasteiger partial charge in [-0.1, -0.05) is 0 Å². The van der Waals surface area contributed by atoms with Crippen molar-refractivity contribution in [3.05, 3.63) is 0 Å². The molecule has 0 radical (unpaired) electrons. The van der Waals surface area contributed by atoms with E-state index in [2.05, 4.69) is 10.6 Å². The Morgan fingerprint density at radius 2 is 0.367 bits per heavy atom. The van der Waals surface area contributed by atoms with Crippen molar-refractivity contribution < 1.29 is 327 Å². The first-order chi connectivity index (χ1) is 71.0. The van der Waals surface area contributed by atoms with Gasteiger partial charge in [-0.3, -0.25) is 9.59 Å². The van der Waals surface area contributed by atoms with Gasteiger partial charge in [0.2, 0.25) is 11.8 Å². The molecule has 68 heteroatoms. The summed E-state index contributed by atoms with van der Waals surface area (Å²) in [5.74, 6) is -1.90. The van der Waals surface area contributed by atoms with Gasteiger partial charge >= 0.3 is 0 Å². The highest BCUT2D eigenvalue weighted by Gasteiger charge is 2.64. The van der Waals surface area contributed by atoms with Gasteiger partial charge in [0.05, 0.1) is 85.9 Å².